The van der Waals surface area contributed by atoms with Gasteiger partial charge in [0.15, 0.2) is 0 Å². The molecule has 0 aromatic carbocycles. The van der Waals surface area contributed by atoms with E-state index in [0.29, 0.717) is 18.1 Å². The number of hydrogen-bond acceptors (Lipinski definition) is 3. The molecular weight excluding hydrogens is 214 g/mol. The largest absolute Gasteiger partial charge is 0.392 e. The first-order chi connectivity index (χ1) is 8.22. The lowest BCUT2D eigenvalue weighted by atomic mass is 9.89. The molecule has 1 saturated heterocycles. The van der Waals surface area contributed by atoms with Gasteiger partial charge >= 0.3 is 0 Å². The number of fused-ring (bicyclic) bond motifs is 1. The predicted octanol–water partition coefficient (Wildman–Crippen LogP) is 2.04. The number of nitrogens with zero attached hydrogens (tertiary/aromatic N) is 1. The molecule has 2 aliphatic rings. The van der Waals surface area contributed by atoms with Crippen molar-refractivity contribution in [3.63, 3.8) is 0 Å². The Hall–Kier alpha value is -0.120. The Morgan fingerprint density at radius 3 is 2.88 bits per heavy atom. The normalized spacial score (nSPS) is 34.1. The second kappa shape index (κ2) is 6.17. The summed E-state index contributed by atoms with van der Waals surface area (Å²) < 4.78 is 5.86. The molecule has 2 rings (SSSR count). The maximum atomic E-state index is 10.2. The van der Waals surface area contributed by atoms with Gasteiger partial charge in [0.2, 0.25) is 0 Å². The van der Waals surface area contributed by atoms with Gasteiger partial charge in [0.25, 0.3) is 0 Å². The van der Waals surface area contributed by atoms with E-state index >= 15 is 0 Å². The molecule has 17 heavy (non-hydrogen) atoms. The Labute approximate surface area is 105 Å². The zero-order chi connectivity index (χ0) is 12.3. The fourth-order valence-electron chi connectivity index (χ4n) is 3.10. The summed E-state index contributed by atoms with van der Waals surface area (Å²) in [7, 11) is 0. The second-order valence-corrected chi connectivity index (χ2v) is 5.71. The molecule has 1 aliphatic carbocycles. The standard InChI is InChI=1S/C14H27NO2/c1-3-11(2)13(16)10-15-8-9-17-14-7-5-4-6-12(14)15/h11-14,16H,3-10H2,1-2H3. The van der Waals surface area contributed by atoms with Gasteiger partial charge in [-0.05, 0) is 18.8 Å². The number of ether oxygens (including phenoxy) is 1. The smallest absolute Gasteiger partial charge is 0.0730 e. The fraction of sp³-hybridized carbons (Fsp3) is 1.00. The van der Waals surface area contributed by atoms with Crippen molar-refractivity contribution < 1.29 is 9.84 Å². The van der Waals surface area contributed by atoms with Gasteiger partial charge in [-0.2, -0.15) is 0 Å². The van der Waals surface area contributed by atoms with Crippen LogP contribution in [0.5, 0.6) is 0 Å². The average Bonchev–Trinajstić information content (AvgIpc) is 2.38. The topological polar surface area (TPSA) is 32.7 Å². The van der Waals surface area contributed by atoms with Crippen LogP contribution in [0.25, 0.3) is 0 Å². The third kappa shape index (κ3) is 3.21. The van der Waals surface area contributed by atoms with Crippen LogP contribution in [0.4, 0.5) is 0 Å². The molecule has 3 nitrogen and oxygen atoms in total. The fourth-order valence-corrected chi connectivity index (χ4v) is 3.10. The molecule has 2 fully saturated rings. The van der Waals surface area contributed by atoms with Gasteiger partial charge in [-0.1, -0.05) is 33.1 Å². The molecule has 1 aliphatic heterocycles. The lowest BCUT2D eigenvalue weighted by Gasteiger charge is -2.44. The minimum absolute atomic E-state index is 0.180. The van der Waals surface area contributed by atoms with Crippen molar-refractivity contribution in [3.05, 3.63) is 0 Å². The van der Waals surface area contributed by atoms with E-state index in [1.165, 1.54) is 25.7 Å². The maximum absolute atomic E-state index is 10.2. The first-order valence-electron chi connectivity index (χ1n) is 7.26. The van der Waals surface area contributed by atoms with E-state index in [2.05, 4.69) is 18.7 Å². The zero-order valence-electron chi connectivity index (χ0n) is 11.3. The number of hydrogen-bond donors (Lipinski definition) is 1. The van der Waals surface area contributed by atoms with Crippen LogP contribution in [0.1, 0.15) is 46.0 Å². The minimum atomic E-state index is -0.180. The molecule has 0 amide bonds. The van der Waals surface area contributed by atoms with E-state index in [-0.39, 0.29) is 6.10 Å². The van der Waals surface area contributed by atoms with Crippen LogP contribution in [-0.2, 0) is 4.74 Å². The van der Waals surface area contributed by atoms with Gasteiger partial charge in [0.1, 0.15) is 0 Å². The minimum Gasteiger partial charge on any atom is -0.392 e. The lowest BCUT2D eigenvalue weighted by Crippen LogP contribution is -2.55. The highest BCUT2D eigenvalue weighted by atomic mass is 16.5. The first-order valence-corrected chi connectivity index (χ1v) is 7.26. The van der Waals surface area contributed by atoms with Crippen LogP contribution in [0.15, 0.2) is 0 Å². The Morgan fingerprint density at radius 1 is 1.35 bits per heavy atom. The van der Waals surface area contributed by atoms with Crippen LogP contribution in [-0.4, -0.2) is 48.0 Å². The monoisotopic (exact) mass is 241 g/mol. The zero-order valence-corrected chi connectivity index (χ0v) is 11.3. The van der Waals surface area contributed by atoms with Gasteiger partial charge in [-0.25, -0.2) is 0 Å². The number of morpholine rings is 1. The third-order valence-corrected chi connectivity index (χ3v) is 4.57. The van der Waals surface area contributed by atoms with Gasteiger partial charge < -0.3 is 9.84 Å². The first kappa shape index (κ1) is 13.3. The molecule has 0 bridgehead atoms. The quantitative estimate of drug-likeness (QED) is 0.817. The summed E-state index contributed by atoms with van der Waals surface area (Å²) in [5.74, 6) is 0.403. The van der Waals surface area contributed by atoms with Gasteiger partial charge in [-0.15, -0.1) is 0 Å². The average molecular weight is 241 g/mol. The van der Waals surface area contributed by atoms with Crippen molar-refractivity contribution in [2.24, 2.45) is 5.92 Å². The highest BCUT2D eigenvalue weighted by molar-refractivity contribution is 4.88. The van der Waals surface area contributed by atoms with E-state index in [4.69, 9.17) is 4.74 Å². The summed E-state index contributed by atoms with van der Waals surface area (Å²) in [5, 5.41) is 10.2. The molecular formula is C14H27NO2. The molecule has 4 unspecified atom stereocenters. The molecule has 1 saturated carbocycles. The third-order valence-electron chi connectivity index (χ3n) is 4.57. The molecule has 4 atom stereocenters. The van der Waals surface area contributed by atoms with Crippen LogP contribution in [0.3, 0.4) is 0 Å². The summed E-state index contributed by atoms with van der Waals surface area (Å²) in [6, 6.07) is 0.566. The summed E-state index contributed by atoms with van der Waals surface area (Å²) in [6.45, 7) is 6.96. The van der Waals surface area contributed by atoms with E-state index in [1.54, 1.807) is 0 Å². The molecule has 1 heterocycles. The second-order valence-electron chi connectivity index (χ2n) is 5.71. The van der Waals surface area contributed by atoms with Gasteiger partial charge in [0, 0.05) is 19.1 Å². The van der Waals surface area contributed by atoms with Crippen molar-refractivity contribution in [2.45, 2.75) is 64.2 Å². The van der Waals surface area contributed by atoms with Gasteiger partial charge in [-0.3, -0.25) is 4.90 Å². The van der Waals surface area contributed by atoms with Crippen molar-refractivity contribution in [2.75, 3.05) is 19.7 Å². The molecule has 100 valence electrons. The van der Waals surface area contributed by atoms with Crippen molar-refractivity contribution in [1.29, 1.82) is 0 Å². The Bertz CT molecular complexity index is 232. The van der Waals surface area contributed by atoms with Crippen molar-refractivity contribution in [3.8, 4) is 0 Å². The highest BCUT2D eigenvalue weighted by Gasteiger charge is 2.35. The number of aliphatic hydroxyl groups is 1. The number of rotatable bonds is 4. The number of β-amino-alcohol motifs (C(OH)–C–C–N with tert-alkyl or cyclic N) is 1. The van der Waals surface area contributed by atoms with E-state index in [1.807, 2.05) is 0 Å². The summed E-state index contributed by atoms with van der Waals surface area (Å²) >= 11 is 0. The van der Waals surface area contributed by atoms with Crippen LogP contribution in [0.2, 0.25) is 0 Å². The molecule has 1 N–H and O–H groups in total. The van der Waals surface area contributed by atoms with Crippen LogP contribution in [0, 0.1) is 5.92 Å². The maximum Gasteiger partial charge on any atom is 0.0730 e. The van der Waals surface area contributed by atoms with Crippen LogP contribution >= 0.6 is 0 Å². The Morgan fingerprint density at radius 2 is 2.12 bits per heavy atom. The Balaban J connectivity index is 1.90. The van der Waals surface area contributed by atoms with Crippen LogP contribution < -0.4 is 0 Å². The summed E-state index contributed by atoms with van der Waals surface area (Å²) in [6.07, 6.45) is 6.39. The highest BCUT2D eigenvalue weighted by Crippen LogP contribution is 2.28. The summed E-state index contributed by atoms with van der Waals surface area (Å²) in [4.78, 5) is 2.48. The molecule has 0 radical (unpaired) electrons. The van der Waals surface area contributed by atoms with E-state index < -0.39 is 0 Å². The molecule has 0 aromatic rings. The van der Waals surface area contributed by atoms with Gasteiger partial charge in [0.05, 0.1) is 18.8 Å². The van der Waals surface area contributed by atoms with Crippen molar-refractivity contribution in [1.82, 2.24) is 4.90 Å². The Kier molecular flexibility index (Phi) is 4.83. The SMILES string of the molecule is CCC(C)C(O)CN1CCOC2CCCCC21. The lowest BCUT2D eigenvalue weighted by molar-refractivity contribution is -0.100. The van der Waals surface area contributed by atoms with E-state index in [0.717, 1.165) is 26.1 Å². The summed E-state index contributed by atoms with van der Waals surface area (Å²) in [5.41, 5.74) is 0. The predicted molar refractivity (Wildman–Crippen MR) is 69.0 cm³/mol. The molecule has 3 heteroatoms. The van der Waals surface area contributed by atoms with Crippen molar-refractivity contribution >= 4 is 0 Å². The van der Waals surface area contributed by atoms with E-state index in [9.17, 15) is 5.11 Å². The molecule has 0 spiro atoms. The number of aliphatic hydroxyl groups excluding tert-OH is 1. The molecule has 0 aromatic heterocycles.